The van der Waals surface area contributed by atoms with Crippen molar-refractivity contribution in [3.05, 3.63) is 77.4 Å². The summed E-state index contributed by atoms with van der Waals surface area (Å²) in [5.74, 6) is 0.433. The predicted molar refractivity (Wildman–Crippen MR) is 127 cm³/mol. The summed E-state index contributed by atoms with van der Waals surface area (Å²) in [5.41, 5.74) is 4.80. The normalized spacial score (nSPS) is 11.3. The third kappa shape index (κ3) is 6.52. The number of carbonyl (C=O) groups excluding carboxylic acids is 2. The molecule has 0 unspecified atom stereocenters. The van der Waals surface area contributed by atoms with Crippen molar-refractivity contribution in [2.75, 3.05) is 0 Å². The minimum Gasteiger partial charge on any atom is -0.294 e. The molecule has 2 rings (SSSR count). The van der Waals surface area contributed by atoms with Gasteiger partial charge in [-0.05, 0) is 41.4 Å². The number of carbonyl (C=O) groups is 2. The van der Waals surface area contributed by atoms with Gasteiger partial charge in [-0.1, -0.05) is 95.6 Å². The molecule has 2 aromatic rings. The zero-order valence-corrected chi connectivity index (χ0v) is 19.1. The van der Waals surface area contributed by atoms with Gasteiger partial charge in [0.1, 0.15) is 0 Å². The molecule has 0 aliphatic carbocycles. The lowest BCUT2D eigenvalue weighted by Gasteiger charge is -2.27. The number of Topliss-reactive ketones (excluding diaryl/α,β-unsaturated/α-hetero) is 2. The zero-order chi connectivity index (χ0) is 22.1. The van der Waals surface area contributed by atoms with Gasteiger partial charge in [-0.25, -0.2) is 0 Å². The minimum absolute atomic E-state index is 0.0995. The Morgan fingerprint density at radius 2 is 1.13 bits per heavy atom. The molecule has 0 bridgehead atoms. The molecule has 0 radical (unpaired) electrons. The maximum Gasteiger partial charge on any atom is 0.162 e. The number of benzene rings is 2. The van der Waals surface area contributed by atoms with E-state index in [0.29, 0.717) is 12.8 Å². The summed E-state index contributed by atoms with van der Waals surface area (Å²) in [7, 11) is 0. The van der Waals surface area contributed by atoms with Crippen LogP contribution in [0.5, 0.6) is 0 Å². The largest absolute Gasteiger partial charge is 0.294 e. The van der Waals surface area contributed by atoms with E-state index in [1.165, 1.54) is 5.56 Å². The highest BCUT2D eigenvalue weighted by molar-refractivity contribution is 5.96. The van der Waals surface area contributed by atoms with Crippen molar-refractivity contribution < 1.29 is 9.59 Å². The van der Waals surface area contributed by atoms with Crippen LogP contribution < -0.4 is 0 Å². The van der Waals surface area contributed by atoms with Crippen molar-refractivity contribution in [3.8, 4) is 0 Å². The molecule has 0 aliphatic rings. The van der Waals surface area contributed by atoms with E-state index in [-0.39, 0.29) is 17.0 Å². The van der Waals surface area contributed by atoms with Crippen LogP contribution in [0.2, 0.25) is 0 Å². The fourth-order valence-electron chi connectivity index (χ4n) is 3.70. The third-order valence-electron chi connectivity index (χ3n) is 5.77. The first-order chi connectivity index (χ1) is 14.3. The van der Waals surface area contributed by atoms with Gasteiger partial charge in [0.05, 0.1) is 0 Å². The molecule has 2 aromatic carbocycles. The van der Waals surface area contributed by atoms with Crippen LogP contribution in [0, 0.1) is 0 Å². The second kappa shape index (κ2) is 11.1. The van der Waals surface area contributed by atoms with Crippen molar-refractivity contribution >= 4 is 17.1 Å². The first-order valence-electron chi connectivity index (χ1n) is 11.2. The Labute approximate surface area is 182 Å². The van der Waals surface area contributed by atoms with Crippen molar-refractivity contribution in [3.63, 3.8) is 0 Å². The molecule has 2 nitrogen and oxygen atoms in total. The van der Waals surface area contributed by atoms with E-state index < -0.39 is 0 Å². The van der Waals surface area contributed by atoms with Gasteiger partial charge in [0, 0.05) is 24.0 Å². The topological polar surface area (TPSA) is 34.1 Å². The van der Waals surface area contributed by atoms with E-state index in [4.69, 9.17) is 0 Å². The fourth-order valence-corrected chi connectivity index (χ4v) is 3.70. The molecule has 0 saturated carbocycles. The fraction of sp³-hybridized carbons (Fsp3) is 0.429. The van der Waals surface area contributed by atoms with Crippen LogP contribution in [0.3, 0.4) is 0 Å². The molecule has 0 aromatic heterocycles. The van der Waals surface area contributed by atoms with Crippen molar-refractivity contribution in [2.45, 2.75) is 78.1 Å². The molecule has 160 valence electrons. The first kappa shape index (κ1) is 23.8. The van der Waals surface area contributed by atoms with E-state index >= 15 is 0 Å². The lowest BCUT2D eigenvalue weighted by molar-refractivity contribution is 0.0972. The quantitative estimate of drug-likeness (QED) is 0.338. The standard InChI is InChI=1S/C28H36O2/c1-6-8-10-26(29)23-14-12-22(13-15-23)21(3)20-28(4,5)25-18-16-24(17-19-25)27(30)11-9-7-2/h12-19H,3,6-11,20H2,1-2,4-5H3. The molecule has 2 heteroatoms. The van der Waals surface area contributed by atoms with Crippen LogP contribution in [-0.4, -0.2) is 11.6 Å². The summed E-state index contributed by atoms with van der Waals surface area (Å²) in [6.07, 6.45) is 5.98. The van der Waals surface area contributed by atoms with Crippen LogP contribution in [0.4, 0.5) is 0 Å². The van der Waals surface area contributed by atoms with Gasteiger partial charge in [0.2, 0.25) is 0 Å². The molecule has 30 heavy (non-hydrogen) atoms. The Morgan fingerprint density at radius 3 is 1.57 bits per heavy atom. The van der Waals surface area contributed by atoms with E-state index in [2.05, 4.69) is 46.4 Å². The van der Waals surface area contributed by atoms with Crippen molar-refractivity contribution in [1.82, 2.24) is 0 Å². The predicted octanol–water partition coefficient (Wildman–Crippen LogP) is 7.81. The summed E-state index contributed by atoms with van der Waals surface area (Å²) in [5, 5.41) is 0. The molecule has 0 fully saturated rings. The van der Waals surface area contributed by atoms with Crippen LogP contribution >= 0.6 is 0 Å². The Hall–Kier alpha value is -2.48. The molecular weight excluding hydrogens is 368 g/mol. The molecule has 0 heterocycles. The van der Waals surface area contributed by atoms with E-state index in [9.17, 15) is 9.59 Å². The number of unbranched alkanes of at least 4 members (excludes halogenated alkanes) is 2. The maximum absolute atomic E-state index is 12.2. The average molecular weight is 405 g/mol. The average Bonchev–Trinajstić information content (AvgIpc) is 2.75. The Bertz CT molecular complexity index is 855. The van der Waals surface area contributed by atoms with E-state index in [1.54, 1.807) is 0 Å². The Kier molecular flexibility index (Phi) is 8.77. The smallest absolute Gasteiger partial charge is 0.162 e. The van der Waals surface area contributed by atoms with Gasteiger partial charge < -0.3 is 0 Å². The molecular formula is C28H36O2. The SMILES string of the molecule is C=C(CC(C)(C)c1ccc(C(=O)CCCC)cc1)c1ccc(C(=O)CCCC)cc1. The summed E-state index contributed by atoms with van der Waals surface area (Å²) in [6, 6.07) is 15.9. The minimum atomic E-state index is -0.0995. The molecule has 0 atom stereocenters. The van der Waals surface area contributed by atoms with Crippen LogP contribution in [0.25, 0.3) is 5.57 Å². The lowest BCUT2D eigenvalue weighted by Crippen LogP contribution is -2.17. The summed E-state index contributed by atoms with van der Waals surface area (Å²) in [4.78, 5) is 24.4. The van der Waals surface area contributed by atoms with E-state index in [1.807, 2.05) is 36.4 Å². The van der Waals surface area contributed by atoms with Gasteiger partial charge in [0.25, 0.3) is 0 Å². The summed E-state index contributed by atoms with van der Waals surface area (Å²) >= 11 is 0. The maximum atomic E-state index is 12.2. The number of hydrogen-bond donors (Lipinski definition) is 0. The van der Waals surface area contributed by atoms with Crippen LogP contribution in [0.15, 0.2) is 55.1 Å². The Morgan fingerprint density at radius 1 is 0.733 bits per heavy atom. The second-order valence-corrected chi connectivity index (χ2v) is 8.87. The monoisotopic (exact) mass is 404 g/mol. The van der Waals surface area contributed by atoms with Gasteiger partial charge in [-0.2, -0.15) is 0 Å². The van der Waals surface area contributed by atoms with Gasteiger partial charge in [-0.15, -0.1) is 0 Å². The lowest BCUT2D eigenvalue weighted by atomic mass is 9.77. The van der Waals surface area contributed by atoms with Gasteiger partial charge in [-0.3, -0.25) is 9.59 Å². The third-order valence-corrected chi connectivity index (χ3v) is 5.77. The first-order valence-corrected chi connectivity index (χ1v) is 11.2. The molecule has 0 aliphatic heterocycles. The van der Waals surface area contributed by atoms with Crippen LogP contribution in [-0.2, 0) is 5.41 Å². The van der Waals surface area contributed by atoms with Crippen molar-refractivity contribution in [2.24, 2.45) is 0 Å². The molecule has 0 saturated heterocycles. The highest BCUT2D eigenvalue weighted by Gasteiger charge is 2.22. The Balaban J connectivity index is 2.04. The highest BCUT2D eigenvalue weighted by Crippen LogP contribution is 2.34. The van der Waals surface area contributed by atoms with E-state index in [0.717, 1.165) is 54.4 Å². The van der Waals surface area contributed by atoms with Gasteiger partial charge in [0.15, 0.2) is 11.6 Å². The van der Waals surface area contributed by atoms with Crippen LogP contribution in [0.1, 0.15) is 104 Å². The summed E-state index contributed by atoms with van der Waals surface area (Å²) in [6.45, 7) is 12.9. The number of allylic oxidation sites excluding steroid dienone is 1. The zero-order valence-electron chi connectivity index (χ0n) is 19.1. The number of ketones is 2. The van der Waals surface area contributed by atoms with Crippen molar-refractivity contribution in [1.29, 1.82) is 0 Å². The molecule has 0 N–H and O–H groups in total. The second-order valence-electron chi connectivity index (χ2n) is 8.87. The van der Waals surface area contributed by atoms with Gasteiger partial charge >= 0.3 is 0 Å². The number of hydrogen-bond acceptors (Lipinski definition) is 2. The summed E-state index contributed by atoms with van der Waals surface area (Å²) < 4.78 is 0. The molecule has 0 amide bonds. The number of rotatable bonds is 12. The molecule has 0 spiro atoms. The highest BCUT2D eigenvalue weighted by atomic mass is 16.1.